The van der Waals surface area contributed by atoms with E-state index in [0.29, 0.717) is 16.5 Å². The molecule has 7 nitrogen and oxygen atoms in total. The number of carbonyl (C=O) groups excluding carboxylic acids is 1. The first-order chi connectivity index (χ1) is 15.5. The molecule has 0 saturated heterocycles. The van der Waals surface area contributed by atoms with Gasteiger partial charge >= 0.3 is 0 Å². The molecule has 2 aromatic heterocycles. The molecule has 2 aromatic carbocycles. The molecular weight excluding hydrogens is 424 g/mol. The monoisotopic (exact) mass is 450 g/mol. The molecule has 4 aromatic rings. The zero-order chi connectivity index (χ0) is 22.7. The van der Waals surface area contributed by atoms with E-state index in [1.54, 1.807) is 16.9 Å². The van der Waals surface area contributed by atoms with Crippen LogP contribution in [0.3, 0.4) is 0 Å². The molecule has 8 heteroatoms. The number of rotatable bonds is 8. The molecule has 166 valence electrons. The number of carbonyl (C=O) groups is 1. The molecule has 4 rings (SSSR count). The molecule has 0 aliphatic carbocycles. The maximum atomic E-state index is 13.2. The number of aromatic nitrogens is 4. The molecule has 0 fully saturated rings. The lowest BCUT2D eigenvalue weighted by atomic mass is 10.2. The van der Waals surface area contributed by atoms with Gasteiger partial charge in [-0.2, -0.15) is 5.10 Å². The summed E-state index contributed by atoms with van der Waals surface area (Å²) in [6.45, 7) is 9.74. The number of imidazole rings is 1. The maximum Gasteiger partial charge on any atom is 0.261 e. The number of halogens is 1. The van der Waals surface area contributed by atoms with Gasteiger partial charge in [-0.05, 0) is 50.3 Å². The summed E-state index contributed by atoms with van der Waals surface area (Å²) in [6, 6.07) is 15.3. The highest BCUT2D eigenvalue weighted by molar-refractivity contribution is 6.30. The Morgan fingerprint density at radius 2 is 1.91 bits per heavy atom. The Bertz CT molecular complexity index is 1240. The fourth-order valence-electron chi connectivity index (χ4n) is 3.85. The molecule has 0 bridgehead atoms. The summed E-state index contributed by atoms with van der Waals surface area (Å²) in [7, 11) is 0. The molecule has 0 saturated carbocycles. The van der Waals surface area contributed by atoms with Crippen LogP contribution in [0.4, 0.5) is 5.95 Å². The summed E-state index contributed by atoms with van der Waals surface area (Å²) in [4.78, 5) is 20.2. The average molecular weight is 451 g/mol. The zero-order valence-electron chi connectivity index (χ0n) is 18.5. The summed E-state index contributed by atoms with van der Waals surface area (Å²) in [5, 5.41) is 8.02. The van der Waals surface area contributed by atoms with Crippen molar-refractivity contribution in [2.45, 2.75) is 27.3 Å². The molecular formula is C24H27ClN6O. The normalized spacial score (nSPS) is 11.4. The molecule has 1 N–H and O–H groups in total. The molecule has 0 spiro atoms. The Morgan fingerprint density at radius 3 is 2.66 bits per heavy atom. The van der Waals surface area contributed by atoms with Gasteiger partial charge in [0.05, 0.1) is 34.2 Å². The largest absolute Gasteiger partial charge is 0.309 e. The van der Waals surface area contributed by atoms with E-state index in [4.69, 9.17) is 11.6 Å². The minimum absolute atomic E-state index is 0.241. The van der Waals surface area contributed by atoms with Crippen molar-refractivity contribution in [3.8, 4) is 5.69 Å². The summed E-state index contributed by atoms with van der Waals surface area (Å²) >= 11 is 6.12. The minimum Gasteiger partial charge on any atom is -0.309 e. The van der Waals surface area contributed by atoms with Crippen molar-refractivity contribution in [1.29, 1.82) is 0 Å². The van der Waals surface area contributed by atoms with Crippen LogP contribution in [0.1, 0.15) is 29.9 Å². The Morgan fingerprint density at radius 1 is 1.12 bits per heavy atom. The Kier molecular flexibility index (Phi) is 6.58. The first kappa shape index (κ1) is 22.0. The highest BCUT2D eigenvalue weighted by Gasteiger charge is 2.19. The Labute approximate surface area is 192 Å². The Balaban J connectivity index is 1.62. The fourth-order valence-corrected chi connectivity index (χ4v) is 4.03. The number of likely N-dealkylation sites (N-methyl/N-ethyl adjacent to an activating group) is 1. The van der Waals surface area contributed by atoms with Crippen LogP contribution in [0, 0.1) is 6.92 Å². The lowest BCUT2D eigenvalue weighted by Gasteiger charge is -2.19. The molecule has 1 amide bonds. The van der Waals surface area contributed by atoms with Gasteiger partial charge in [0.15, 0.2) is 0 Å². The van der Waals surface area contributed by atoms with Crippen molar-refractivity contribution >= 4 is 34.5 Å². The minimum atomic E-state index is -0.241. The quantitative estimate of drug-likeness (QED) is 0.419. The zero-order valence-corrected chi connectivity index (χ0v) is 19.3. The summed E-state index contributed by atoms with van der Waals surface area (Å²) in [5.41, 5.74) is 3.89. The van der Waals surface area contributed by atoms with Gasteiger partial charge < -0.3 is 9.47 Å². The Hall–Kier alpha value is -3.16. The highest BCUT2D eigenvalue weighted by Crippen LogP contribution is 2.22. The molecule has 0 radical (unpaired) electrons. The van der Waals surface area contributed by atoms with E-state index >= 15 is 0 Å². The maximum absolute atomic E-state index is 13.2. The third kappa shape index (κ3) is 4.40. The van der Waals surface area contributed by atoms with Crippen LogP contribution in [0.15, 0.2) is 54.7 Å². The number of para-hydroxylation sites is 2. The lowest BCUT2D eigenvalue weighted by Crippen LogP contribution is -2.27. The number of hydrogen-bond acceptors (Lipinski definition) is 4. The van der Waals surface area contributed by atoms with Crippen molar-refractivity contribution in [1.82, 2.24) is 24.2 Å². The fraction of sp³-hybridized carbons (Fsp3) is 0.292. The van der Waals surface area contributed by atoms with E-state index in [0.717, 1.165) is 48.6 Å². The van der Waals surface area contributed by atoms with Crippen LogP contribution in [-0.2, 0) is 6.54 Å². The SMILES string of the molecule is CCN(CC)CCn1c(NC(=O)c2cnn(-c3cccc(Cl)c3)c2C)nc2ccccc21. The van der Waals surface area contributed by atoms with E-state index in [1.165, 1.54) is 0 Å². The first-order valence-electron chi connectivity index (χ1n) is 10.8. The molecule has 0 atom stereocenters. The van der Waals surface area contributed by atoms with Gasteiger partial charge in [-0.1, -0.05) is 43.6 Å². The van der Waals surface area contributed by atoms with E-state index in [1.807, 2.05) is 49.4 Å². The second-order valence-corrected chi connectivity index (χ2v) is 8.03. The molecule has 0 aliphatic rings. The summed E-state index contributed by atoms with van der Waals surface area (Å²) in [5.74, 6) is 0.299. The summed E-state index contributed by atoms with van der Waals surface area (Å²) < 4.78 is 3.78. The van der Waals surface area contributed by atoms with Crippen molar-refractivity contribution < 1.29 is 4.79 Å². The van der Waals surface area contributed by atoms with E-state index in [2.05, 4.69) is 38.7 Å². The van der Waals surface area contributed by atoms with E-state index in [-0.39, 0.29) is 5.91 Å². The molecule has 0 unspecified atom stereocenters. The number of benzene rings is 2. The topological polar surface area (TPSA) is 68.0 Å². The van der Waals surface area contributed by atoms with E-state index < -0.39 is 0 Å². The number of nitrogens with one attached hydrogen (secondary N) is 1. The summed E-state index contributed by atoms with van der Waals surface area (Å²) in [6.07, 6.45) is 1.58. The van der Waals surface area contributed by atoms with Crippen LogP contribution in [0.5, 0.6) is 0 Å². The van der Waals surface area contributed by atoms with Gasteiger partial charge in [0.2, 0.25) is 5.95 Å². The van der Waals surface area contributed by atoms with Gasteiger partial charge in [-0.3, -0.25) is 10.1 Å². The predicted molar refractivity (Wildman–Crippen MR) is 129 cm³/mol. The number of anilines is 1. The molecule has 0 aliphatic heterocycles. The van der Waals surface area contributed by atoms with Crippen molar-refractivity contribution in [2.24, 2.45) is 0 Å². The third-order valence-electron chi connectivity index (χ3n) is 5.72. The van der Waals surface area contributed by atoms with Crippen molar-refractivity contribution in [3.05, 3.63) is 71.0 Å². The van der Waals surface area contributed by atoms with Gasteiger partial charge in [-0.25, -0.2) is 9.67 Å². The number of fused-ring (bicyclic) bond motifs is 1. The smallest absolute Gasteiger partial charge is 0.261 e. The van der Waals surface area contributed by atoms with Crippen molar-refractivity contribution in [2.75, 3.05) is 25.0 Å². The van der Waals surface area contributed by atoms with Gasteiger partial charge in [-0.15, -0.1) is 0 Å². The van der Waals surface area contributed by atoms with Crippen LogP contribution in [0.2, 0.25) is 5.02 Å². The van der Waals surface area contributed by atoms with Crippen molar-refractivity contribution in [3.63, 3.8) is 0 Å². The number of hydrogen-bond donors (Lipinski definition) is 1. The highest BCUT2D eigenvalue weighted by atomic mass is 35.5. The van der Waals surface area contributed by atoms with Crippen LogP contribution >= 0.6 is 11.6 Å². The average Bonchev–Trinajstić information content (AvgIpc) is 3.34. The number of nitrogens with zero attached hydrogens (tertiary/aromatic N) is 5. The lowest BCUT2D eigenvalue weighted by molar-refractivity contribution is 0.102. The second kappa shape index (κ2) is 9.54. The first-order valence-corrected chi connectivity index (χ1v) is 11.2. The van der Waals surface area contributed by atoms with E-state index in [9.17, 15) is 4.79 Å². The van der Waals surface area contributed by atoms with Gasteiger partial charge in [0.1, 0.15) is 0 Å². The van der Waals surface area contributed by atoms with Gasteiger partial charge in [0.25, 0.3) is 5.91 Å². The standard InChI is InChI=1S/C24H27ClN6O/c1-4-29(5-2)13-14-30-22-12-7-6-11-21(22)27-24(30)28-23(32)20-16-26-31(17(20)3)19-10-8-9-18(25)15-19/h6-12,15-16H,4-5,13-14H2,1-3H3,(H,27,28,32). The number of amides is 1. The van der Waals surface area contributed by atoms with Crippen LogP contribution in [-0.4, -0.2) is 49.8 Å². The van der Waals surface area contributed by atoms with Crippen LogP contribution < -0.4 is 5.32 Å². The third-order valence-corrected chi connectivity index (χ3v) is 5.96. The van der Waals surface area contributed by atoms with Crippen LogP contribution in [0.25, 0.3) is 16.7 Å². The second-order valence-electron chi connectivity index (χ2n) is 7.59. The van der Waals surface area contributed by atoms with Gasteiger partial charge in [0, 0.05) is 18.1 Å². The molecule has 2 heterocycles. The molecule has 32 heavy (non-hydrogen) atoms. The predicted octanol–water partition coefficient (Wildman–Crippen LogP) is 4.78.